The maximum Gasteiger partial charge on any atom is 0.261 e. The van der Waals surface area contributed by atoms with Crippen LogP contribution in [0.25, 0.3) is 10.1 Å². The van der Waals surface area contributed by atoms with Gasteiger partial charge in [0, 0.05) is 30.4 Å². The van der Waals surface area contributed by atoms with Crippen molar-refractivity contribution in [2.24, 2.45) is 0 Å². The Labute approximate surface area is 160 Å². The zero-order valence-electron chi connectivity index (χ0n) is 15.6. The van der Waals surface area contributed by atoms with Gasteiger partial charge in [-0.15, -0.1) is 11.3 Å². The van der Waals surface area contributed by atoms with Crippen LogP contribution in [-0.2, 0) is 0 Å². The number of unbranched alkanes of at least 4 members (excludes halogenated alkanes) is 1. The smallest absolute Gasteiger partial charge is 0.261 e. The van der Waals surface area contributed by atoms with E-state index in [1.54, 1.807) is 11.3 Å². The fourth-order valence-electron chi connectivity index (χ4n) is 3.55. The van der Waals surface area contributed by atoms with Gasteiger partial charge in [-0.1, -0.05) is 37.5 Å². The molecule has 4 nitrogen and oxygen atoms in total. The van der Waals surface area contributed by atoms with E-state index < -0.39 is 0 Å². The van der Waals surface area contributed by atoms with Gasteiger partial charge in [-0.05, 0) is 49.7 Å². The molecule has 5 heteroatoms. The minimum Gasteiger partial charge on any atom is -0.351 e. The summed E-state index contributed by atoms with van der Waals surface area (Å²) in [5, 5.41) is 11.3. The minimum absolute atomic E-state index is 0.0517. The monoisotopic (exact) mass is 373 g/mol. The average molecular weight is 374 g/mol. The van der Waals surface area contributed by atoms with Crippen LogP contribution in [0.2, 0.25) is 0 Å². The van der Waals surface area contributed by atoms with E-state index >= 15 is 0 Å². The Hall–Kier alpha value is -1.43. The number of carbonyl (C=O) groups excluding carboxylic acids is 1. The summed E-state index contributed by atoms with van der Waals surface area (Å²) in [6.45, 7) is 3.86. The zero-order chi connectivity index (χ0) is 18.0. The van der Waals surface area contributed by atoms with Gasteiger partial charge in [0.2, 0.25) is 0 Å². The molecule has 0 radical (unpaired) electrons. The highest BCUT2D eigenvalue weighted by molar-refractivity contribution is 7.20. The molecule has 1 saturated carbocycles. The van der Waals surface area contributed by atoms with Crippen molar-refractivity contribution in [3.63, 3.8) is 0 Å². The lowest BCUT2D eigenvalue weighted by Crippen LogP contribution is -2.36. The number of hydrogen-bond acceptors (Lipinski definition) is 4. The molecule has 1 aromatic carbocycles. The highest BCUT2D eigenvalue weighted by Gasteiger charge is 2.11. The summed E-state index contributed by atoms with van der Waals surface area (Å²) in [4.78, 5) is 13.0. The van der Waals surface area contributed by atoms with Crippen molar-refractivity contribution in [1.82, 2.24) is 16.0 Å². The molecule has 0 spiro atoms. The van der Waals surface area contributed by atoms with Crippen LogP contribution < -0.4 is 16.0 Å². The average Bonchev–Trinajstić information content (AvgIpc) is 3.12. The molecule has 3 rings (SSSR count). The molecule has 3 N–H and O–H groups in total. The molecule has 0 aliphatic heterocycles. The maximum absolute atomic E-state index is 12.2. The third kappa shape index (κ3) is 6.08. The van der Waals surface area contributed by atoms with Crippen LogP contribution >= 0.6 is 11.3 Å². The van der Waals surface area contributed by atoms with Crippen LogP contribution in [0.1, 0.15) is 54.6 Å². The summed E-state index contributed by atoms with van der Waals surface area (Å²) >= 11 is 1.56. The maximum atomic E-state index is 12.2. The van der Waals surface area contributed by atoms with E-state index in [9.17, 15) is 4.79 Å². The number of carbonyl (C=O) groups is 1. The molecule has 0 saturated heterocycles. The van der Waals surface area contributed by atoms with Crippen LogP contribution in [0.4, 0.5) is 0 Å². The molecular formula is C21H31N3OS. The molecule has 1 aliphatic carbocycles. The van der Waals surface area contributed by atoms with Gasteiger partial charge in [0.15, 0.2) is 0 Å². The fourth-order valence-corrected chi connectivity index (χ4v) is 4.53. The Kier molecular flexibility index (Phi) is 7.92. The van der Waals surface area contributed by atoms with Gasteiger partial charge in [0.25, 0.3) is 5.91 Å². The second-order valence-corrected chi connectivity index (χ2v) is 8.23. The van der Waals surface area contributed by atoms with E-state index in [1.165, 1.54) is 36.8 Å². The molecular weight excluding hydrogens is 342 g/mol. The van der Waals surface area contributed by atoms with Crippen LogP contribution in [0.3, 0.4) is 0 Å². The Morgan fingerprint density at radius 1 is 1.00 bits per heavy atom. The molecule has 0 unspecified atom stereocenters. The molecule has 142 valence electrons. The number of thiophene rings is 1. The lowest BCUT2D eigenvalue weighted by Gasteiger charge is -2.22. The Bertz CT molecular complexity index is 646. The summed E-state index contributed by atoms with van der Waals surface area (Å²) in [7, 11) is 0. The molecule has 2 aromatic rings. The number of hydrogen-bond donors (Lipinski definition) is 3. The van der Waals surface area contributed by atoms with Crippen molar-refractivity contribution in [3.8, 4) is 0 Å². The van der Waals surface area contributed by atoms with E-state index in [0.717, 1.165) is 55.3 Å². The van der Waals surface area contributed by atoms with Gasteiger partial charge in [-0.3, -0.25) is 4.79 Å². The highest BCUT2D eigenvalue weighted by Crippen LogP contribution is 2.25. The van der Waals surface area contributed by atoms with Gasteiger partial charge in [0.05, 0.1) is 4.88 Å². The summed E-state index contributed by atoms with van der Waals surface area (Å²) in [6.07, 6.45) is 8.99. The topological polar surface area (TPSA) is 53.2 Å². The second kappa shape index (κ2) is 10.7. The molecule has 1 heterocycles. The zero-order valence-corrected chi connectivity index (χ0v) is 16.4. The van der Waals surface area contributed by atoms with E-state index in [4.69, 9.17) is 0 Å². The standard InChI is InChI=1S/C21H31N3OS/c25-21(20-16-17-8-4-5-11-19(17)26-20)24-13-7-6-12-22-14-15-23-18-9-2-1-3-10-18/h4-5,8,11,16,18,22-23H,1-3,6-7,9-10,12-15H2,(H,24,25). The van der Waals surface area contributed by atoms with Crippen LogP contribution in [-0.4, -0.2) is 38.1 Å². The van der Waals surface area contributed by atoms with Crippen LogP contribution in [0, 0.1) is 0 Å². The van der Waals surface area contributed by atoms with Gasteiger partial charge < -0.3 is 16.0 Å². The number of fused-ring (bicyclic) bond motifs is 1. The van der Waals surface area contributed by atoms with Crippen LogP contribution in [0.15, 0.2) is 30.3 Å². The molecule has 1 aliphatic rings. The Morgan fingerprint density at radius 2 is 1.81 bits per heavy atom. The first-order valence-electron chi connectivity index (χ1n) is 10.0. The number of benzene rings is 1. The van der Waals surface area contributed by atoms with E-state index in [0.29, 0.717) is 0 Å². The summed E-state index contributed by atoms with van der Waals surface area (Å²) in [5.74, 6) is 0.0517. The van der Waals surface area contributed by atoms with Gasteiger partial charge in [-0.2, -0.15) is 0 Å². The SMILES string of the molecule is O=C(NCCCCNCCNC1CCCCC1)c1cc2ccccc2s1. The third-order valence-electron chi connectivity index (χ3n) is 5.06. The first kappa shape index (κ1) is 19.3. The number of amides is 1. The summed E-state index contributed by atoms with van der Waals surface area (Å²) < 4.78 is 1.17. The van der Waals surface area contributed by atoms with Crippen molar-refractivity contribution in [2.75, 3.05) is 26.2 Å². The lowest BCUT2D eigenvalue weighted by atomic mass is 9.95. The molecule has 26 heavy (non-hydrogen) atoms. The summed E-state index contributed by atoms with van der Waals surface area (Å²) in [6, 6.07) is 10.9. The molecule has 1 aromatic heterocycles. The molecule has 0 atom stereocenters. The molecule has 1 amide bonds. The van der Waals surface area contributed by atoms with Crippen molar-refractivity contribution in [2.45, 2.75) is 51.0 Å². The highest BCUT2D eigenvalue weighted by atomic mass is 32.1. The lowest BCUT2D eigenvalue weighted by molar-refractivity contribution is 0.0957. The molecule has 1 fully saturated rings. The Morgan fingerprint density at radius 3 is 2.65 bits per heavy atom. The largest absolute Gasteiger partial charge is 0.351 e. The van der Waals surface area contributed by atoms with Crippen molar-refractivity contribution in [3.05, 3.63) is 35.2 Å². The number of rotatable bonds is 10. The first-order chi connectivity index (χ1) is 12.8. The van der Waals surface area contributed by atoms with E-state index in [1.807, 2.05) is 18.2 Å². The minimum atomic E-state index is 0.0517. The second-order valence-electron chi connectivity index (χ2n) is 7.15. The van der Waals surface area contributed by atoms with E-state index in [2.05, 4.69) is 28.1 Å². The van der Waals surface area contributed by atoms with Gasteiger partial charge in [0.1, 0.15) is 0 Å². The van der Waals surface area contributed by atoms with Gasteiger partial charge in [-0.25, -0.2) is 0 Å². The fraction of sp³-hybridized carbons (Fsp3) is 0.571. The number of nitrogens with one attached hydrogen (secondary N) is 3. The van der Waals surface area contributed by atoms with Crippen molar-refractivity contribution in [1.29, 1.82) is 0 Å². The normalized spacial score (nSPS) is 15.4. The van der Waals surface area contributed by atoms with E-state index in [-0.39, 0.29) is 5.91 Å². The first-order valence-corrected chi connectivity index (χ1v) is 10.9. The summed E-state index contributed by atoms with van der Waals surface area (Å²) in [5.41, 5.74) is 0. The van der Waals surface area contributed by atoms with Gasteiger partial charge >= 0.3 is 0 Å². The quantitative estimate of drug-likeness (QED) is 0.553. The Balaban J connectivity index is 1.20. The van der Waals surface area contributed by atoms with Crippen LogP contribution in [0.5, 0.6) is 0 Å². The third-order valence-corrected chi connectivity index (χ3v) is 6.17. The predicted molar refractivity (Wildman–Crippen MR) is 111 cm³/mol. The van der Waals surface area contributed by atoms with Crippen molar-refractivity contribution < 1.29 is 4.79 Å². The molecule has 0 bridgehead atoms. The predicted octanol–water partition coefficient (Wildman–Crippen LogP) is 3.92. The van der Waals surface area contributed by atoms with Crippen molar-refractivity contribution >= 4 is 27.3 Å².